The van der Waals surface area contributed by atoms with E-state index in [0.717, 1.165) is 16.8 Å². The Morgan fingerprint density at radius 3 is 2.67 bits per heavy atom. The topological polar surface area (TPSA) is 49.4 Å². The lowest BCUT2D eigenvalue weighted by Crippen LogP contribution is -2.40. The van der Waals surface area contributed by atoms with Gasteiger partial charge in [0.25, 0.3) is 0 Å². The summed E-state index contributed by atoms with van der Waals surface area (Å²) in [6.45, 7) is 5.64. The van der Waals surface area contributed by atoms with Crippen LogP contribution in [0.15, 0.2) is 42.5 Å². The van der Waals surface area contributed by atoms with E-state index in [-0.39, 0.29) is 18.4 Å². The monoisotopic (exact) mass is 342 g/mol. The van der Waals surface area contributed by atoms with E-state index >= 15 is 0 Å². The van der Waals surface area contributed by atoms with Gasteiger partial charge in [0.2, 0.25) is 11.8 Å². The van der Waals surface area contributed by atoms with Crippen LogP contribution >= 0.6 is 11.6 Å². The summed E-state index contributed by atoms with van der Waals surface area (Å²) in [4.78, 5) is 26.7. The number of rotatable bonds is 3. The summed E-state index contributed by atoms with van der Waals surface area (Å²) >= 11 is 5.98. The minimum absolute atomic E-state index is 0.0226. The summed E-state index contributed by atoms with van der Waals surface area (Å²) in [7, 11) is 0. The third-order valence-corrected chi connectivity index (χ3v) is 4.66. The fourth-order valence-corrected chi connectivity index (χ4v) is 3.19. The molecule has 0 saturated heterocycles. The number of hydrogen-bond donors (Lipinski definition) is 1. The Kier molecular flexibility index (Phi) is 4.10. The molecule has 2 aromatic carbocycles. The Morgan fingerprint density at radius 1 is 1.21 bits per heavy atom. The number of benzene rings is 2. The highest BCUT2D eigenvalue weighted by molar-refractivity contribution is 6.31. The molecule has 4 nitrogen and oxygen atoms in total. The number of amides is 2. The van der Waals surface area contributed by atoms with Crippen molar-refractivity contribution in [1.29, 1.82) is 0 Å². The molecule has 0 aliphatic carbocycles. The number of carbonyl (C=O) groups excluding carboxylic acids is 2. The maximum atomic E-state index is 12.7. The van der Waals surface area contributed by atoms with E-state index in [1.807, 2.05) is 51.1 Å². The molecular formula is C19H19ClN2O2. The van der Waals surface area contributed by atoms with Crippen LogP contribution < -0.4 is 10.2 Å². The maximum absolute atomic E-state index is 12.7. The van der Waals surface area contributed by atoms with Gasteiger partial charge in [0.15, 0.2) is 0 Å². The van der Waals surface area contributed by atoms with Crippen LogP contribution in [0.1, 0.15) is 25.0 Å². The van der Waals surface area contributed by atoms with Gasteiger partial charge in [-0.25, -0.2) is 0 Å². The Hall–Kier alpha value is -2.33. The highest BCUT2D eigenvalue weighted by Gasteiger charge is 2.44. The second kappa shape index (κ2) is 5.95. The Labute approximate surface area is 146 Å². The van der Waals surface area contributed by atoms with E-state index in [4.69, 9.17) is 11.6 Å². The Morgan fingerprint density at radius 2 is 1.92 bits per heavy atom. The largest absolute Gasteiger partial charge is 0.324 e. The average Bonchev–Trinajstić information content (AvgIpc) is 2.72. The van der Waals surface area contributed by atoms with Gasteiger partial charge in [-0.2, -0.15) is 0 Å². The van der Waals surface area contributed by atoms with Crippen LogP contribution in [0.3, 0.4) is 0 Å². The first-order valence-electron chi connectivity index (χ1n) is 7.78. The zero-order chi connectivity index (χ0) is 17.5. The number of carbonyl (C=O) groups is 2. The van der Waals surface area contributed by atoms with E-state index in [1.165, 1.54) is 0 Å². The average molecular weight is 343 g/mol. The van der Waals surface area contributed by atoms with Gasteiger partial charge in [-0.15, -0.1) is 0 Å². The maximum Gasteiger partial charge on any atom is 0.244 e. The van der Waals surface area contributed by atoms with E-state index in [2.05, 4.69) is 5.32 Å². The molecule has 1 heterocycles. The number of hydrogen-bond acceptors (Lipinski definition) is 2. The highest BCUT2D eigenvalue weighted by Crippen LogP contribution is 2.41. The Balaban J connectivity index is 1.82. The van der Waals surface area contributed by atoms with Crippen LogP contribution in [0, 0.1) is 6.92 Å². The molecule has 0 spiro atoms. The highest BCUT2D eigenvalue weighted by atomic mass is 35.5. The molecule has 1 aliphatic rings. The molecule has 5 heteroatoms. The number of anilines is 2. The van der Waals surface area contributed by atoms with Crippen molar-refractivity contribution >= 4 is 34.8 Å². The molecule has 24 heavy (non-hydrogen) atoms. The van der Waals surface area contributed by atoms with Crippen molar-refractivity contribution in [3.8, 4) is 0 Å². The number of nitrogens with one attached hydrogen (secondary N) is 1. The fraction of sp³-hybridized carbons (Fsp3) is 0.263. The van der Waals surface area contributed by atoms with Gasteiger partial charge in [0, 0.05) is 16.4 Å². The van der Waals surface area contributed by atoms with E-state index in [1.54, 1.807) is 17.0 Å². The van der Waals surface area contributed by atoms with Crippen LogP contribution in [0.2, 0.25) is 5.02 Å². The summed E-state index contributed by atoms with van der Waals surface area (Å²) in [6, 6.07) is 12.9. The first-order valence-corrected chi connectivity index (χ1v) is 8.16. The van der Waals surface area contributed by atoms with Crippen molar-refractivity contribution in [2.75, 3.05) is 16.8 Å². The molecule has 2 amide bonds. The number of halogens is 1. The Bertz CT molecular complexity index is 830. The summed E-state index contributed by atoms with van der Waals surface area (Å²) in [6.07, 6.45) is 0. The number of nitrogens with zero attached hydrogens (tertiary/aromatic N) is 1. The number of para-hydroxylation sites is 1. The third-order valence-electron chi connectivity index (χ3n) is 4.42. The number of aryl methyl sites for hydroxylation is 1. The second-order valence-electron chi connectivity index (χ2n) is 6.54. The molecule has 0 unspecified atom stereocenters. The lowest BCUT2D eigenvalue weighted by molar-refractivity contribution is -0.124. The lowest BCUT2D eigenvalue weighted by atomic mass is 9.86. The molecule has 124 valence electrons. The smallest absolute Gasteiger partial charge is 0.244 e. The van der Waals surface area contributed by atoms with Crippen LogP contribution in [0.4, 0.5) is 11.4 Å². The molecule has 0 bridgehead atoms. The van der Waals surface area contributed by atoms with Crippen molar-refractivity contribution in [3.05, 3.63) is 58.6 Å². The summed E-state index contributed by atoms with van der Waals surface area (Å²) in [5, 5.41) is 3.39. The molecule has 0 atom stereocenters. The molecule has 0 fully saturated rings. The molecular weight excluding hydrogens is 324 g/mol. The second-order valence-corrected chi connectivity index (χ2v) is 6.98. The fourth-order valence-electron chi connectivity index (χ4n) is 3.02. The van der Waals surface area contributed by atoms with Crippen LogP contribution in [-0.2, 0) is 15.0 Å². The first-order chi connectivity index (χ1) is 11.3. The van der Waals surface area contributed by atoms with Gasteiger partial charge in [-0.3, -0.25) is 9.59 Å². The van der Waals surface area contributed by atoms with Crippen molar-refractivity contribution < 1.29 is 9.59 Å². The molecule has 3 rings (SSSR count). The van der Waals surface area contributed by atoms with Gasteiger partial charge < -0.3 is 10.2 Å². The molecule has 2 aromatic rings. The molecule has 0 aromatic heterocycles. The van der Waals surface area contributed by atoms with Crippen molar-refractivity contribution in [3.63, 3.8) is 0 Å². The zero-order valence-corrected chi connectivity index (χ0v) is 14.6. The molecule has 0 saturated carbocycles. The minimum Gasteiger partial charge on any atom is -0.324 e. The normalized spacial score (nSPS) is 15.3. The lowest BCUT2D eigenvalue weighted by Gasteiger charge is -2.20. The van der Waals surface area contributed by atoms with Crippen molar-refractivity contribution in [2.45, 2.75) is 26.2 Å². The van der Waals surface area contributed by atoms with Crippen LogP contribution in [0.25, 0.3) is 0 Å². The van der Waals surface area contributed by atoms with E-state index in [9.17, 15) is 9.59 Å². The van der Waals surface area contributed by atoms with Gasteiger partial charge in [-0.1, -0.05) is 35.9 Å². The predicted molar refractivity (Wildman–Crippen MR) is 96.6 cm³/mol. The zero-order valence-electron chi connectivity index (χ0n) is 13.9. The predicted octanol–water partition coefficient (Wildman–Crippen LogP) is 3.91. The van der Waals surface area contributed by atoms with E-state index < -0.39 is 5.41 Å². The van der Waals surface area contributed by atoms with Crippen LogP contribution in [-0.4, -0.2) is 18.4 Å². The third kappa shape index (κ3) is 2.78. The number of fused-ring (bicyclic) bond motifs is 1. The summed E-state index contributed by atoms with van der Waals surface area (Å²) in [5.74, 6) is -0.317. The molecule has 0 radical (unpaired) electrons. The minimum atomic E-state index is -0.622. The van der Waals surface area contributed by atoms with Gasteiger partial charge in [0.05, 0.1) is 5.41 Å². The SMILES string of the molecule is Cc1ccc(Cl)cc1NC(=O)CN1C(=O)C(C)(C)c2ccccc21. The van der Waals surface area contributed by atoms with Gasteiger partial charge >= 0.3 is 0 Å². The summed E-state index contributed by atoms with van der Waals surface area (Å²) < 4.78 is 0. The summed E-state index contributed by atoms with van der Waals surface area (Å²) in [5.41, 5.74) is 2.70. The van der Waals surface area contributed by atoms with Crippen LogP contribution in [0.5, 0.6) is 0 Å². The first kappa shape index (κ1) is 16.5. The van der Waals surface area contributed by atoms with Crippen molar-refractivity contribution in [2.24, 2.45) is 0 Å². The molecule has 1 aliphatic heterocycles. The van der Waals surface area contributed by atoms with Gasteiger partial charge in [-0.05, 0) is 50.1 Å². The van der Waals surface area contributed by atoms with Gasteiger partial charge in [0.1, 0.15) is 6.54 Å². The van der Waals surface area contributed by atoms with E-state index in [0.29, 0.717) is 10.7 Å². The standard InChI is InChI=1S/C19H19ClN2O2/c1-12-8-9-13(20)10-15(12)21-17(23)11-22-16-7-5-4-6-14(16)19(2,3)18(22)24/h4-10H,11H2,1-3H3,(H,21,23). The quantitative estimate of drug-likeness (QED) is 0.919. The molecule has 1 N–H and O–H groups in total. The van der Waals surface area contributed by atoms with Crippen molar-refractivity contribution in [1.82, 2.24) is 0 Å².